The Morgan fingerprint density at radius 2 is 1.78 bits per heavy atom. The summed E-state index contributed by atoms with van der Waals surface area (Å²) in [6, 6.07) is 13.4. The van der Waals surface area contributed by atoms with Gasteiger partial charge >= 0.3 is 0 Å². The third kappa shape index (κ3) is 3.48. The van der Waals surface area contributed by atoms with Gasteiger partial charge in [0.1, 0.15) is 0 Å². The number of benzene rings is 2. The van der Waals surface area contributed by atoms with Crippen LogP contribution in [-0.4, -0.2) is 23.9 Å². The van der Waals surface area contributed by atoms with Crippen LogP contribution in [-0.2, 0) is 0 Å². The van der Waals surface area contributed by atoms with Gasteiger partial charge in [0.05, 0.1) is 4.92 Å². The van der Waals surface area contributed by atoms with E-state index < -0.39 is 4.92 Å². The molecular weight excluding hydrogens is 294 g/mol. The van der Waals surface area contributed by atoms with Gasteiger partial charge in [0.25, 0.3) is 11.6 Å². The first kappa shape index (κ1) is 15.0. The Labute approximate surface area is 133 Å². The normalized spacial score (nSPS) is 13.8. The summed E-state index contributed by atoms with van der Waals surface area (Å²) in [6.07, 6.45) is 2.43. The van der Waals surface area contributed by atoms with Crippen LogP contribution in [0.5, 0.6) is 0 Å². The third-order valence-electron chi connectivity index (χ3n) is 3.92. The molecule has 23 heavy (non-hydrogen) atoms. The van der Waals surface area contributed by atoms with Crippen LogP contribution in [0.3, 0.4) is 0 Å². The molecule has 6 nitrogen and oxygen atoms in total. The number of amides is 1. The average molecular weight is 311 g/mol. The molecule has 0 radical (unpaired) electrons. The standard InChI is InChI=1S/C17H17N3O3/c21-17(13-4-3-5-16(12-13)20(22)23)18-14-6-8-15(9-7-14)19-10-1-2-11-19/h3-9,12H,1-2,10-11H2,(H,18,21). The van der Waals surface area contributed by atoms with Crippen molar-refractivity contribution < 1.29 is 9.72 Å². The molecule has 1 heterocycles. The van der Waals surface area contributed by atoms with E-state index in [0.29, 0.717) is 5.69 Å². The molecule has 1 aliphatic heterocycles. The Hall–Kier alpha value is -2.89. The fraction of sp³-hybridized carbons (Fsp3) is 0.235. The van der Waals surface area contributed by atoms with Crippen LogP contribution < -0.4 is 10.2 Å². The zero-order valence-electron chi connectivity index (χ0n) is 12.6. The number of nitrogens with one attached hydrogen (secondary N) is 1. The van der Waals surface area contributed by atoms with Gasteiger partial charge in [0.2, 0.25) is 0 Å². The second kappa shape index (κ2) is 6.48. The van der Waals surface area contributed by atoms with Crippen LogP contribution in [0.2, 0.25) is 0 Å². The summed E-state index contributed by atoms with van der Waals surface area (Å²) in [5.74, 6) is -0.359. The third-order valence-corrected chi connectivity index (χ3v) is 3.92. The fourth-order valence-corrected chi connectivity index (χ4v) is 2.69. The van der Waals surface area contributed by atoms with Crippen molar-refractivity contribution in [2.75, 3.05) is 23.3 Å². The van der Waals surface area contributed by atoms with Crippen molar-refractivity contribution in [3.63, 3.8) is 0 Å². The van der Waals surface area contributed by atoms with Crippen LogP contribution >= 0.6 is 0 Å². The lowest BCUT2D eigenvalue weighted by atomic mass is 10.2. The molecule has 3 rings (SSSR count). The van der Waals surface area contributed by atoms with Gasteiger partial charge in [-0.15, -0.1) is 0 Å². The van der Waals surface area contributed by atoms with Gasteiger partial charge in [-0.2, -0.15) is 0 Å². The van der Waals surface area contributed by atoms with Crippen molar-refractivity contribution in [3.05, 3.63) is 64.2 Å². The Kier molecular flexibility index (Phi) is 4.23. The second-order valence-corrected chi connectivity index (χ2v) is 5.50. The molecule has 118 valence electrons. The molecule has 1 aliphatic rings. The number of carbonyl (C=O) groups excluding carboxylic acids is 1. The summed E-state index contributed by atoms with van der Waals surface area (Å²) >= 11 is 0. The van der Waals surface area contributed by atoms with Crippen molar-refractivity contribution in [2.24, 2.45) is 0 Å². The summed E-state index contributed by atoms with van der Waals surface area (Å²) in [4.78, 5) is 24.8. The van der Waals surface area contributed by atoms with E-state index in [0.717, 1.165) is 18.8 Å². The topological polar surface area (TPSA) is 75.5 Å². The highest BCUT2D eigenvalue weighted by Gasteiger charge is 2.13. The highest BCUT2D eigenvalue weighted by Crippen LogP contribution is 2.22. The van der Waals surface area contributed by atoms with Crippen LogP contribution in [0, 0.1) is 10.1 Å². The molecule has 0 spiro atoms. The first-order valence-electron chi connectivity index (χ1n) is 7.54. The lowest BCUT2D eigenvalue weighted by Crippen LogP contribution is -2.17. The molecule has 2 aromatic rings. The minimum Gasteiger partial charge on any atom is -0.372 e. The minimum atomic E-state index is -0.512. The largest absolute Gasteiger partial charge is 0.372 e. The lowest BCUT2D eigenvalue weighted by molar-refractivity contribution is -0.384. The minimum absolute atomic E-state index is 0.0953. The maximum absolute atomic E-state index is 12.2. The quantitative estimate of drug-likeness (QED) is 0.693. The predicted octanol–water partition coefficient (Wildman–Crippen LogP) is 3.45. The monoisotopic (exact) mass is 311 g/mol. The number of hydrogen-bond acceptors (Lipinski definition) is 4. The van der Waals surface area contributed by atoms with E-state index in [9.17, 15) is 14.9 Å². The SMILES string of the molecule is O=C(Nc1ccc(N2CCCC2)cc1)c1cccc([N+](=O)[O-])c1. The van der Waals surface area contributed by atoms with Gasteiger partial charge in [-0.25, -0.2) is 0 Å². The summed E-state index contributed by atoms with van der Waals surface area (Å²) in [5, 5.41) is 13.5. The Bertz CT molecular complexity index is 722. The van der Waals surface area contributed by atoms with E-state index >= 15 is 0 Å². The molecule has 2 aromatic carbocycles. The van der Waals surface area contributed by atoms with Crippen molar-refractivity contribution in [1.29, 1.82) is 0 Å². The summed E-state index contributed by atoms with van der Waals surface area (Å²) < 4.78 is 0. The van der Waals surface area contributed by atoms with E-state index in [1.54, 1.807) is 6.07 Å². The van der Waals surface area contributed by atoms with Gasteiger partial charge in [-0.05, 0) is 43.2 Å². The fourth-order valence-electron chi connectivity index (χ4n) is 2.69. The second-order valence-electron chi connectivity index (χ2n) is 5.50. The molecule has 1 amide bonds. The zero-order valence-corrected chi connectivity index (χ0v) is 12.6. The Morgan fingerprint density at radius 1 is 1.09 bits per heavy atom. The van der Waals surface area contributed by atoms with E-state index in [2.05, 4.69) is 10.2 Å². The van der Waals surface area contributed by atoms with Crippen molar-refractivity contribution in [3.8, 4) is 0 Å². The number of nitrogens with zero attached hydrogens (tertiary/aromatic N) is 2. The molecule has 0 aromatic heterocycles. The number of nitro benzene ring substituents is 1. The summed E-state index contributed by atoms with van der Waals surface area (Å²) in [6.45, 7) is 2.14. The van der Waals surface area contributed by atoms with Crippen molar-refractivity contribution in [2.45, 2.75) is 12.8 Å². The van der Waals surface area contributed by atoms with Crippen LogP contribution in [0.25, 0.3) is 0 Å². The molecule has 0 atom stereocenters. The Balaban J connectivity index is 1.70. The lowest BCUT2D eigenvalue weighted by Gasteiger charge is -2.17. The van der Waals surface area contributed by atoms with Crippen LogP contribution in [0.1, 0.15) is 23.2 Å². The predicted molar refractivity (Wildman–Crippen MR) is 88.9 cm³/mol. The molecule has 0 aliphatic carbocycles. The summed E-state index contributed by atoms with van der Waals surface area (Å²) in [5.41, 5.74) is 1.99. The van der Waals surface area contributed by atoms with Crippen LogP contribution in [0.15, 0.2) is 48.5 Å². The van der Waals surface area contributed by atoms with Gasteiger partial charge in [0.15, 0.2) is 0 Å². The van der Waals surface area contributed by atoms with Crippen molar-refractivity contribution in [1.82, 2.24) is 0 Å². The number of rotatable bonds is 4. The number of non-ortho nitro benzene ring substituents is 1. The number of anilines is 2. The Morgan fingerprint density at radius 3 is 2.43 bits per heavy atom. The van der Waals surface area contributed by atoms with Gasteiger partial charge in [0, 0.05) is 42.2 Å². The molecular formula is C17H17N3O3. The maximum atomic E-state index is 12.2. The van der Waals surface area contributed by atoms with Crippen molar-refractivity contribution >= 4 is 23.0 Å². The molecule has 1 saturated heterocycles. The highest BCUT2D eigenvalue weighted by atomic mass is 16.6. The molecule has 0 saturated carbocycles. The number of carbonyl (C=O) groups is 1. The van der Waals surface area contributed by atoms with Gasteiger partial charge in [-0.3, -0.25) is 14.9 Å². The van der Waals surface area contributed by atoms with E-state index in [-0.39, 0.29) is 17.2 Å². The molecule has 1 fully saturated rings. The van der Waals surface area contributed by atoms with E-state index in [4.69, 9.17) is 0 Å². The first-order chi connectivity index (χ1) is 11.1. The van der Waals surface area contributed by atoms with Gasteiger partial charge < -0.3 is 10.2 Å². The van der Waals surface area contributed by atoms with E-state index in [1.165, 1.54) is 31.0 Å². The molecule has 1 N–H and O–H groups in total. The van der Waals surface area contributed by atoms with Crippen LogP contribution in [0.4, 0.5) is 17.1 Å². The smallest absolute Gasteiger partial charge is 0.270 e. The first-order valence-corrected chi connectivity index (χ1v) is 7.54. The van der Waals surface area contributed by atoms with E-state index in [1.807, 2.05) is 24.3 Å². The zero-order chi connectivity index (χ0) is 16.2. The number of hydrogen-bond donors (Lipinski definition) is 1. The highest BCUT2D eigenvalue weighted by molar-refractivity contribution is 6.04. The molecule has 0 bridgehead atoms. The number of nitro groups is 1. The maximum Gasteiger partial charge on any atom is 0.270 e. The molecule has 6 heteroatoms. The van der Waals surface area contributed by atoms with Gasteiger partial charge in [-0.1, -0.05) is 6.07 Å². The molecule has 0 unspecified atom stereocenters. The average Bonchev–Trinajstić information content (AvgIpc) is 3.10. The summed E-state index contributed by atoms with van der Waals surface area (Å²) in [7, 11) is 0.